The normalized spacial score (nSPS) is 18.4. The van der Waals surface area contributed by atoms with Crippen LogP contribution in [0, 0.1) is 5.92 Å². The number of hydrogen-bond acceptors (Lipinski definition) is 3. The predicted octanol–water partition coefficient (Wildman–Crippen LogP) is 3.34. The van der Waals surface area contributed by atoms with Crippen molar-refractivity contribution in [2.24, 2.45) is 11.7 Å². The Morgan fingerprint density at radius 2 is 2.05 bits per heavy atom. The topological polar surface area (TPSA) is 38.5 Å². The molecule has 3 heteroatoms. The van der Waals surface area contributed by atoms with E-state index in [1.54, 1.807) is 7.11 Å². The third kappa shape index (κ3) is 3.03. The lowest BCUT2D eigenvalue weighted by atomic mass is 9.93. The number of nitrogens with two attached hydrogens (primary N) is 1. The van der Waals surface area contributed by atoms with Gasteiger partial charge in [0.15, 0.2) is 0 Å². The Morgan fingerprint density at radius 1 is 1.37 bits per heavy atom. The van der Waals surface area contributed by atoms with Crippen molar-refractivity contribution in [1.82, 2.24) is 0 Å². The van der Waals surface area contributed by atoms with Crippen LogP contribution in [0.5, 0.6) is 5.75 Å². The van der Waals surface area contributed by atoms with Crippen molar-refractivity contribution in [3.05, 3.63) is 23.8 Å². The molecule has 1 aromatic carbocycles. The number of hydrogen-bond donors (Lipinski definition) is 1. The van der Waals surface area contributed by atoms with Crippen LogP contribution in [0.25, 0.3) is 0 Å². The summed E-state index contributed by atoms with van der Waals surface area (Å²) in [5.41, 5.74) is 8.54. The molecule has 0 radical (unpaired) electrons. The van der Waals surface area contributed by atoms with Crippen LogP contribution in [-0.2, 0) is 0 Å². The van der Waals surface area contributed by atoms with Gasteiger partial charge in [-0.05, 0) is 37.8 Å². The molecule has 0 bridgehead atoms. The third-order valence-electron chi connectivity index (χ3n) is 4.25. The molecule has 1 aliphatic heterocycles. The van der Waals surface area contributed by atoms with Gasteiger partial charge >= 0.3 is 0 Å². The molecule has 1 atom stereocenters. The summed E-state index contributed by atoms with van der Waals surface area (Å²) in [5, 5.41) is 0. The predicted molar refractivity (Wildman–Crippen MR) is 80.8 cm³/mol. The van der Waals surface area contributed by atoms with Crippen LogP contribution >= 0.6 is 0 Å². The zero-order valence-electron chi connectivity index (χ0n) is 12.4. The molecule has 1 saturated heterocycles. The van der Waals surface area contributed by atoms with Gasteiger partial charge in [0.25, 0.3) is 0 Å². The third-order valence-corrected chi connectivity index (χ3v) is 4.25. The monoisotopic (exact) mass is 262 g/mol. The first-order chi connectivity index (χ1) is 9.17. The lowest BCUT2D eigenvalue weighted by Crippen LogP contribution is -2.34. The fraction of sp³-hybridized carbons (Fsp3) is 0.625. The molecule has 0 aliphatic carbocycles. The molecule has 3 nitrogen and oxygen atoms in total. The Bertz CT molecular complexity index is 409. The van der Waals surface area contributed by atoms with E-state index in [0.717, 1.165) is 30.3 Å². The summed E-state index contributed by atoms with van der Waals surface area (Å²) in [6.45, 7) is 6.58. The number of benzene rings is 1. The van der Waals surface area contributed by atoms with Gasteiger partial charge in [-0.3, -0.25) is 0 Å². The molecule has 1 aliphatic rings. The maximum Gasteiger partial charge on any atom is 0.125 e. The fourth-order valence-corrected chi connectivity index (χ4v) is 3.03. The highest BCUT2D eigenvalue weighted by Crippen LogP contribution is 2.35. The lowest BCUT2D eigenvalue weighted by Gasteiger charge is -2.35. The van der Waals surface area contributed by atoms with Crippen LogP contribution in [0.3, 0.4) is 0 Å². The minimum Gasteiger partial charge on any atom is -0.496 e. The van der Waals surface area contributed by atoms with Crippen LogP contribution in [0.4, 0.5) is 5.69 Å². The highest BCUT2D eigenvalue weighted by atomic mass is 16.5. The average molecular weight is 262 g/mol. The van der Waals surface area contributed by atoms with Gasteiger partial charge in [0.05, 0.1) is 7.11 Å². The van der Waals surface area contributed by atoms with Gasteiger partial charge in [-0.25, -0.2) is 0 Å². The number of anilines is 1. The Hall–Kier alpha value is -1.22. The Balaban J connectivity index is 2.25. The van der Waals surface area contributed by atoms with Gasteiger partial charge in [0, 0.05) is 30.4 Å². The second kappa shape index (κ2) is 6.29. The van der Waals surface area contributed by atoms with Gasteiger partial charge in [-0.1, -0.05) is 19.4 Å². The zero-order chi connectivity index (χ0) is 13.8. The molecule has 106 valence electrons. The van der Waals surface area contributed by atoms with Gasteiger partial charge in [-0.15, -0.1) is 0 Å². The minimum atomic E-state index is -0.00458. The van der Waals surface area contributed by atoms with Crippen molar-refractivity contribution in [3.63, 3.8) is 0 Å². The van der Waals surface area contributed by atoms with E-state index in [9.17, 15) is 0 Å². The van der Waals surface area contributed by atoms with E-state index >= 15 is 0 Å². The first-order valence-corrected chi connectivity index (χ1v) is 7.34. The van der Waals surface area contributed by atoms with E-state index in [4.69, 9.17) is 10.5 Å². The van der Waals surface area contributed by atoms with E-state index in [2.05, 4.69) is 24.0 Å². The molecule has 0 spiro atoms. The molecule has 1 fully saturated rings. The lowest BCUT2D eigenvalue weighted by molar-refractivity contribution is 0.391. The zero-order valence-corrected chi connectivity index (χ0v) is 12.4. The van der Waals surface area contributed by atoms with Crippen LogP contribution in [0.1, 0.15) is 44.7 Å². The van der Waals surface area contributed by atoms with Gasteiger partial charge in [0.2, 0.25) is 0 Å². The number of ether oxygens (including phenoxy) is 1. The summed E-state index contributed by atoms with van der Waals surface area (Å²) in [4.78, 5) is 2.47. The summed E-state index contributed by atoms with van der Waals surface area (Å²) in [6.07, 6.45) is 3.87. The van der Waals surface area contributed by atoms with Crippen molar-refractivity contribution in [1.29, 1.82) is 0 Å². The molecule has 0 saturated carbocycles. The smallest absolute Gasteiger partial charge is 0.125 e. The minimum absolute atomic E-state index is 0.00458. The van der Waals surface area contributed by atoms with Gasteiger partial charge in [-0.2, -0.15) is 0 Å². The average Bonchev–Trinajstić information content (AvgIpc) is 2.46. The quantitative estimate of drug-likeness (QED) is 0.904. The van der Waals surface area contributed by atoms with Crippen molar-refractivity contribution < 1.29 is 4.74 Å². The first-order valence-electron chi connectivity index (χ1n) is 7.34. The van der Waals surface area contributed by atoms with Gasteiger partial charge in [0.1, 0.15) is 5.75 Å². The first kappa shape index (κ1) is 14.2. The molecular weight excluding hydrogens is 236 g/mol. The van der Waals surface area contributed by atoms with Crippen LogP contribution in [0.2, 0.25) is 0 Å². The highest BCUT2D eigenvalue weighted by Gasteiger charge is 2.22. The molecule has 1 aromatic rings. The molecule has 0 amide bonds. The Kier molecular flexibility index (Phi) is 4.70. The summed E-state index contributed by atoms with van der Waals surface area (Å²) in [7, 11) is 1.72. The number of methoxy groups -OCH3 is 1. The summed E-state index contributed by atoms with van der Waals surface area (Å²) >= 11 is 0. The van der Waals surface area contributed by atoms with Crippen molar-refractivity contribution in [2.75, 3.05) is 25.1 Å². The summed E-state index contributed by atoms with van der Waals surface area (Å²) in [5.74, 6) is 1.80. The fourth-order valence-electron chi connectivity index (χ4n) is 3.03. The van der Waals surface area contributed by atoms with E-state index in [1.165, 1.54) is 24.9 Å². The van der Waals surface area contributed by atoms with Crippen molar-refractivity contribution in [2.45, 2.75) is 39.2 Å². The second-order valence-electron chi connectivity index (χ2n) is 5.52. The molecule has 19 heavy (non-hydrogen) atoms. The Labute approximate surface area is 116 Å². The second-order valence-corrected chi connectivity index (χ2v) is 5.52. The Morgan fingerprint density at radius 3 is 2.58 bits per heavy atom. The molecule has 2 N–H and O–H groups in total. The number of rotatable bonds is 4. The summed E-state index contributed by atoms with van der Waals surface area (Å²) in [6, 6.07) is 6.23. The highest BCUT2D eigenvalue weighted by molar-refractivity contribution is 5.61. The van der Waals surface area contributed by atoms with Crippen molar-refractivity contribution >= 4 is 5.69 Å². The molecule has 1 heterocycles. The maximum atomic E-state index is 6.14. The summed E-state index contributed by atoms with van der Waals surface area (Å²) < 4.78 is 5.47. The molecule has 2 rings (SSSR count). The van der Waals surface area contributed by atoms with Crippen LogP contribution in [-0.4, -0.2) is 20.2 Å². The van der Waals surface area contributed by atoms with E-state index in [0.29, 0.717) is 0 Å². The van der Waals surface area contributed by atoms with E-state index < -0.39 is 0 Å². The molecule has 1 unspecified atom stereocenters. The number of nitrogens with zero attached hydrogens (tertiary/aromatic N) is 1. The SMILES string of the molecule is CCC1CCN(c2cccc(OC)c2C(C)N)CC1. The number of piperidine rings is 1. The van der Waals surface area contributed by atoms with E-state index in [1.807, 2.05) is 13.0 Å². The van der Waals surface area contributed by atoms with Crippen LogP contribution in [0.15, 0.2) is 18.2 Å². The van der Waals surface area contributed by atoms with Crippen molar-refractivity contribution in [3.8, 4) is 5.75 Å². The van der Waals surface area contributed by atoms with Gasteiger partial charge < -0.3 is 15.4 Å². The van der Waals surface area contributed by atoms with E-state index in [-0.39, 0.29) is 6.04 Å². The molecular formula is C16H26N2O. The standard InChI is InChI=1S/C16H26N2O/c1-4-13-8-10-18(11-9-13)14-6-5-7-15(19-3)16(14)12(2)17/h5-7,12-13H,4,8-11,17H2,1-3H3. The largest absolute Gasteiger partial charge is 0.496 e. The van der Waals surface area contributed by atoms with Crippen LogP contribution < -0.4 is 15.4 Å². The molecule has 0 aromatic heterocycles. The maximum absolute atomic E-state index is 6.14.